The van der Waals surface area contributed by atoms with Crippen molar-refractivity contribution in [2.45, 2.75) is 45.2 Å². The van der Waals surface area contributed by atoms with Gasteiger partial charge in [0.15, 0.2) is 0 Å². The van der Waals surface area contributed by atoms with Crippen LogP contribution in [0, 0.1) is 0 Å². The summed E-state index contributed by atoms with van der Waals surface area (Å²) >= 11 is 0. The van der Waals surface area contributed by atoms with Crippen molar-refractivity contribution in [3.05, 3.63) is 46.5 Å². The number of nitrogens with one attached hydrogen (secondary N) is 1. The van der Waals surface area contributed by atoms with Crippen LogP contribution < -0.4 is 5.32 Å². The maximum Gasteiger partial charge on any atom is 0.417 e. The summed E-state index contributed by atoms with van der Waals surface area (Å²) in [5.41, 5.74) is 1.37. The van der Waals surface area contributed by atoms with E-state index in [-0.39, 0.29) is 30.2 Å². The van der Waals surface area contributed by atoms with Crippen LogP contribution in [0.25, 0.3) is 0 Å². The number of ether oxygens (including phenoxy) is 1. The van der Waals surface area contributed by atoms with Gasteiger partial charge in [-0.1, -0.05) is 0 Å². The van der Waals surface area contributed by atoms with Crippen molar-refractivity contribution in [2.75, 3.05) is 0 Å². The number of amides is 1. The van der Waals surface area contributed by atoms with Crippen LogP contribution in [0.15, 0.2) is 18.5 Å². The minimum Gasteiger partial charge on any atom is -0.369 e. The summed E-state index contributed by atoms with van der Waals surface area (Å²) in [6.45, 7) is 3.73. The molecule has 1 N–H and O–H groups in total. The highest BCUT2D eigenvalue weighted by Gasteiger charge is 2.32. The van der Waals surface area contributed by atoms with Crippen molar-refractivity contribution < 1.29 is 22.7 Å². The molecule has 3 rings (SSSR count). The third-order valence-corrected chi connectivity index (χ3v) is 4.28. The Morgan fingerprint density at radius 2 is 2.12 bits per heavy atom. The number of nitrogens with zero attached hydrogens (tertiary/aromatic N) is 3. The molecule has 0 fully saturated rings. The summed E-state index contributed by atoms with van der Waals surface area (Å²) in [4.78, 5) is 16.2. The molecule has 0 spiro atoms. The van der Waals surface area contributed by atoms with E-state index in [0.717, 1.165) is 23.5 Å². The number of carbonyl (C=O) groups is 1. The molecule has 1 aliphatic heterocycles. The molecule has 0 bridgehead atoms. The van der Waals surface area contributed by atoms with Gasteiger partial charge in [-0.3, -0.25) is 14.5 Å². The Labute approximate surface area is 148 Å². The fourth-order valence-electron chi connectivity index (χ4n) is 3.15. The lowest BCUT2D eigenvalue weighted by Gasteiger charge is -2.24. The number of aryl methyl sites for hydroxylation is 1. The number of hydrogen-bond donors (Lipinski definition) is 1. The van der Waals surface area contributed by atoms with Gasteiger partial charge in [-0.15, -0.1) is 0 Å². The van der Waals surface area contributed by atoms with Crippen LogP contribution in [-0.2, 0) is 30.9 Å². The van der Waals surface area contributed by atoms with Crippen LogP contribution in [-0.4, -0.2) is 26.8 Å². The Balaban J connectivity index is 1.78. The van der Waals surface area contributed by atoms with Crippen molar-refractivity contribution in [3.8, 4) is 0 Å². The van der Waals surface area contributed by atoms with E-state index >= 15 is 0 Å². The van der Waals surface area contributed by atoms with E-state index in [1.807, 2.05) is 13.8 Å². The smallest absolute Gasteiger partial charge is 0.369 e. The summed E-state index contributed by atoms with van der Waals surface area (Å²) in [6, 6.07) is 0.976. The Hall–Kier alpha value is -2.42. The molecule has 2 aromatic rings. The van der Waals surface area contributed by atoms with Gasteiger partial charge in [0.25, 0.3) is 5.91 Å². The second-order valence-corrected chi connectivity index (χ2v) is 6.39. The molecule has 2 atom stereocenters. The highest BCUT2D eigenvalue weighted by Crippen LogP contribution is 2.31. The van der Waals surface area contributed by atoms with Crippen molar-refractivity contribution in [3.63, 3.8) is 0 Å². The molecule has 1 amide bonds. The Bertz CT molecular complexity index is 832. The van der Waals surface area contributed by atoms with Crippen LogP contribution >= 0.6 is 0 Å². The third kappa shape index (κ3) is 3.57. The van der Waals surface area contributed by atoms with Gasteiger partial charge in [0, 0.05) is 38.0 Å². The van der Waals surface area contributed by atoms with Crippen molar-refractivity contribution in [1.82, 2.24) is 20.1 Å². The summed E-state index contributed by atoms with van der Waals surface area (Å²) in [6.07, 6.45) is -2.12. The van der Waals surface area contributed by atoms with E-state index < -0.39 is 11.7 Å². The average molecular weight is 368 g/mol. The molecule has 0 radical (unpaired) electrons. The van der Waals surface area contributed by atoms with Gasteiger partial charge in [-0.2, -0.15) is 18.3 Å². The molecule has 3 heterocycles. The molecule has 0 unspecified atom stereocenters. The number of rotatable bonds is 3. The van der Waals surface area contributed by atoms with Crippen LogP contribution in [0.5, 0.6) is 0 Å². The first-order valence-corrected chi connectivity index (χ1v) is 8.17. The van der Waals surface area contributed by atoms with E-state index in [1.54, 1.807) is 7.05 Å². The maximum atomic E-state index is 12.8. The number of pyridine rings is 1. The monoisotopic (exact) mass is 368 g/mol. The number of alkyl halides is 3. The molecule has 0 aliphatic carbocycles. The quantitative estimate of drug-likeness (QED) is 0.905. The largest absolute Gasteiger partial charge is 0.417 e. The molecule has 2 aromatic heterocycles. The first-order chi connectivity index (χ1) is 12.2. The number of aromatic nitrogens is 3. The van der Waals surface area contributed by atoms with Gasteiger partial charge in [-0.05, 0) is 25.5 Å². The maximum absolute atomic E-state index is 12.8. The fraction of sp³-hybridized carbons (Fsp3) is 0.471. The minimum atomic E-state index is -4.47. The fourth-order valence-corrected chi connectivity index (χ4v) is 3.15. The molecule has 6 nitrogen and oxygen atoms in total. The number of carbonyl (C=O) groups excluding carboxylic acids is 1. The van der Waals surface area contributed by atoms with Gasteiger partial charge in [0.2, 0.25) is 0 Å². The van der Waals surface area contributed by atoms with Crippen LogP contribution in [0.2, 0.25) is 0 Å². The predicted molar refractivity (Wildman–Crippen MR) is 86.3 cm³/mol. The zero-order chi connectivity index (χ0) is 19.1. The highest BCUT2D eigenvalue weighted by atomic mass is 19.4. The lowest BCUT2D eigenvalue weighted by Crippen LogP contribution is -2.28. The zero-order valence-electron chi connectivity index (χ0n) is 14.6. The molecule has 0 saturated carbocycles. The van der Waals surface area contributed by atoms with E-state index in [2.05, 4.69) is 15.4 Å². The Morgan fingerprint density at radius 1 is 1.38 bits per heavy atom. The van der Waals surface area contributed by atoms with Crippen LogP contribution in [0.3, 0.4) is 0 Å². The second kappa shape index (κ2) is 6.71. The minimum absolute atomic E-state index is 0.0408. The van der Waals surface area contributed by atoms with Crippen molar-refractivity contribution in [2.24, 2.45) is 7.05 Å². The second-order valence-electron chi connectivity index (χ2n) is 6.39. The summed E-state index contributed by atoms with van der Waals surface area (Å²) in [7, 11) is 1.66. The Kier molecular flexibility index (Phi) is 4.74. The van der Waals surface area contributed by atoms with Gasteiger partial charge in [0.1, 0.15) is 5.69 Å². The SMILES string of the molecule is C[C@@H]1Cc2c(nn(C)c2C(=O)NCc2cncc(C(F)(F)F)c2)[C@H](C)O1. The molecule has 9 heteroatoms. The van der Waals surface area contributed by atoms with Crippen molar-refractivity contribution in [1.29, 1.82) is 0 Å². The number of fused-ring (bicyclic) bond motifs is 1. The van der Waals surface area contributed by atoms with E-state index in [9.17, 15) is 18.0 Å². The van der Waals surface area contributed by atoms with E-state index in [0.29, 0.717) is 12.1 Å². The van der Waals surface area contributed by atoms with Crippen LogP contribution in [0.4, 0.5) is 13.2 Å². The molecule has 1 aliphatic rings. The normalized spacial score (nSPS) is 19.9. The first-order valence-electron chi connectivity index (χ1n) is 8.17. The predicted octanol–water partition coefficient (Wildman–Crippen LogP) is 2.79. The van der Waals surface area contributed by atoms with Gasteiger partial charge in [0.05, 0.1) is 23.5 Å². The summed E-state index contributed by atoms with van der Waals surface area (Å²) < 4.78 is 45.5. The van der Waals surface area contributed by atoms with E-state index in [1.165, 1.54) is 10.9 Å². The lowest BCUT2D eigenvalue weighted by molar-refractivity contribution is -0.137. The summed E-state index contributed by atoms with van der Waals surface area (Å²) in [5.74, 6) is -0.389. The standard InChI is InChI=1S/C17H19F3N4O2/c1-9-4-13-14(10(2)26-9)23-24(3)15(13)16(25)22-7-11-5-12(8-21-6-11)17(18,19)20/h5-6,8-10H,4,7H2,1-3H3,(H,22,25)/t9-,10+/m1/s1. The average Bonchev–Trinajstić information content (AvgIpc) is 2.88. The Morgan fingerprint density at radius 3 is 2.81 bits per heavy atom. The molecule has 26 heavy (non-hydrogen) atoms. The van der Waals surface area contributed by atoms with Crippen molar-refractivity contribution >= 4 is 5.91 Å². The molecular formula is C17H19F3N4O2. The topological polar surface area (TPSA) is 69.0 Å². The van der Waals surface area contributed by atoms with Crippen LogP contribution in [0.1, 0.15) is 52.8 Å². The highest BCUT2D eigenvalue weighted by molar-refractivity contribution is 5.94. The molecule has 0 aromatic carbocycles. The first kappa shape index (κ1) is 18.4. The van der Waals surface area contributed by atoms with E-state index in [4.69, 9.17) is 4.74 Å². The van der Waals surface area contributed by atoms with Gasteiger partial charge < -0.3 is 10.1 Å². The van der Waals surface area contributed by atoms with Gasteiger partial charge in [-0.25, -0.2) is 0 Å². The lowest BCUT2D eigenvalue weighted by atomic mass is 9.99. The zero-order valence-corrected chi connectivity index (χ0v) is 14.6. The molecular weight excluding hydrogens is 349 g/mol. The number of hydrogen-bond acceptors (Lipinski definition) is 4. The summed E-state index contributed by atoms with van der Waals surface area (Å²) in [5, 5.41) is 7.01. The van der Waals surface area contributed by atoms with Gasteiger partial charge >= 0.3 is 6.18 Å². The third-order valence-electron chi connectivity index (χ3n) is 4.28. The molecule has 0 saturated heterocycles. The molecule has 140 valence electrons. The number of halogens is 3.